The van der Waals surface area contributed by atoms with Crippen LogP contribution in [-0.2, 0) is 0 Å². The first-order valence-corrected chi connectivity index (χ1v) is 5.48. The number of methoxy groups -OCH3 is 2. The molecule has 0 amide bonds. The van der Waals surface area contributed by atoms with Crippen LogP contribution in [0.1, 0.15) is 31.9 Å². The van der Waals surface area contributed by atoms with Gasteiger partial charge in [-0.15, -0.1) is 0 Å². The van der Waals surface area contributed by atoms with Gasteiger partial charge in [-0.1, -0.05) is 13.8 Å². The fraction of sp³-hybridized carbons (Fsp3) is 0.538. The molecule has 3 nitrogen and oxygen atoms in total. The Balaban J connectivity index is 2.94. The van der Waals surface area contributed by atoms with Gasteiger partial charge in [0.05, 0.1) is 20.3 Å². The van der Waals surface area contributed by atoms with Crippen molar-refractivity contribution in [3.8, 4) is 11.5 Å². The van der Waals surface area contributed by atoms with Crippen LogP contribution in [0.2, 0.25) is 0 Å². The highest BCUT2D eigenvalue weighted by atomic mass is 16.5. The summed E-state index contributed by atoms with van der Waals surface area (Å²) < 4.78 is 10.4. The van der Waals surface area contributed by atoms with Crippen LogP contribution in [0.15, 0.2) is 18.2 Å². The molecule has 0 radical (unpaired) electrons. The Bertz CT molecular complexity index is 334. The summed E-state index contributed by atoms with van der Waals surface area (Å²) in [6, 6.07) is 5.48. The molecule has 1 N–H and O–H groups in total. The van der Waals surface area contributed by atoms with Gasteiger partial charge in [0.2, 0.25) is 0 Å². The lowest BCUT2D eigenvalue weighted by Gasteiger charge is -2.17. The number of aliphatic hydroxyl groups is 1. The van der Waals surface area contributed by atoms with E-state index in [1.54, 1.807) is 20.3 Å². The third-order valence-corrected chi connectivity index (χ3v) is 2.49. The van der Waals surface area contributed by atoms with E-state index in [1.165, 1.54) is 0 Å². The number of hydrogen-bond donors (Lipinski definition) is 1. The minimum Gasteiger partial charge on any atom is -0.497 e. The van der Waals surface area contributed by atoms with E-state index in [2.05, 4.69) is 13.8 Å². The summed E-state index contributed by atoms with van der Waals surface area (Å²) in [5.41, 5.74) is 0.817. The minimum atomic E-state index is -0.485. The Labute approximate surface area is 97.0 Å². The second-order valence-electron chi connectivity index (χ2n) is 4.25. The fourth-order valence-electron chi connectivity index (χ4n) is 1.67. The topological polar surface area (TPSA) is 38.7 Å². The molecule has 0 aliphatic carbocycles. The Morgan fingerprint density at radius 3 is 2.38 bits per heavy atom. The molecule has 0 aromatic heterocycles. The van der Waals surface area contributed by atoms with Crippen molar-refractivity contribution in [3.63, 3.8) is 0 Å². The predicted molar refractivity (Wildman–Crippen MR) is 64.0 cm³/mol. The normalized spacial score (nSPS) is 12.6. The summed E-state index contributed by atoms with van der Waals surface area (Å²) in [6.45, 7) is 4.17. The van der Waals surface area contributed by atoms with Crippen molar-refractivity contribution in [2.45, 2.75) is 26.4 Å². The molecule has 16 heavy (non-hydrogen) atoms. The van der Waals surface area contributed by atoms with Crippen molar-refractivity contribution in [1.29, 1.82) is 0 Å². The highest BCUT2D eigenvalue weighted by Gasteiger charge is 2.15. The SMILES string of the molecule is COc1ccc(C(O)CC(C)C)c(OC)c1. The molecular formula is C13H20O3. The molecule has 0 fully saturated rings. The first-order chi connectivity index (χ1) is 7.58. The third-order valence-electron chi connectivity index (χ3n) is 2.49. The van der Waals surface area contributed by atoms with Gasteiger partial charge in [0.1, 0.15) is 11.5 Å². The second-order valence-corrected chi connectivity index (χ2v) is 4.25. The maximum atomic E-state index is 10.0. The number of aliphatic hydroxyl groups excluding tert-OH is 1. The Morgan fingerprint density at radius 1 is 1.19 bits per heavy atom. The van der Waals surface area contributed by atoms with E-state index in [9.17, 15) is 5.11 Å². The first-order valence-electron chi connectivity index (χ1n) is 5.48. The Hall–Kier alpha value is -1.22. The second kappa shape index (κ2) is 5.75. The molecule has 0 heterocycles. The van der Waals surface area contributed by atoms with E-state index in [4.69, 9.17) is 9.47 Å². The maximum absolute atomic E-state index is 10.0. The first kappa shape index (κ1) is 12.8. The van der Waals surface area contributed by atoms with Gasteiger partial charge in [0.25, 0.3) is 0 Å². The molecule has 0 spiro atoms. The molecular weight excluding hydrogens is 204 g/mol. The molecule has 1 unspecified atom stereocenters. The summed E-state index contributed by atoms with van der Waals surface area (Å²) in [6.07, 6.45) is 0.240. The van der Waals surface area contributed by atoms with Gasteiger partial charge in [0, 0.05) is 11.6 Å². The van der Waals surface area contributed by atoms with Gasteiger partial charge in [-0.2, -0.15) is 0 Å². The standard InChI is InChI=1S/C13H20O3/c1-9(2)7-12(14)11-6-5-10(15-3)8-13(11)16-4/h5-6,8-9,12,14H,7H2,1-4H3. The molecule has 0 saturated carbocycles. The number of hydrogen-bond acceptors (Lipinski definition) is 3. The smallest absolute Gasteiger partial charge is 0.128 e. The number of rotatable bonds is 5. The lowest BCUT2D eigenvalue weighted by atomic mass is 9.99. The van der Waals surface area contributed by atoms with E-state index in [1.807, 2.05) is 12.1 Å². The van der Waals surface area contributed by atoms with E-state index in [0.29, 0.717) is 11.7 Å². The zero-order valence-corrected chi connectivity index (χ0v) is 10.4. The number of ether oxygens (including phenoxy) is 2. The van der Waals surface area contributed by atoms with Crippen LogP contribution in [0.4, 0.5) is 0 Å². The summed E-state index contributed by atoms with van der Waals surface area (Å²) in [5.74, 6) is 1.85. The van der Waals surface area contributed by atoms with Crippen LogP contribution in [0.25, 0.3) is 0 Å². The molecule has 1 aromatic carbocycles. The van der Waals surface area contributed by atoms with Crippen molar-refractivity contribution in [1.82, 2.24) is 0 Å². The minimum absolute atomic E-state index is 0.446. The van der Waals surface area contributed by atoms with Gasteiger partial charge in [-0.25, -0.2) is 0 Å². The van der Waals surface area contributed by atoms with Crippen LogP contribution in [0.3, 0.4) is 0 Å². The molecule has 90 valence electrons. The average Bonchev–Trinajstić information content (AvgIpc) is 2.27. The lowest BCUT2D eigenvalue weighted by molar-refractivity contribution is 0.147. The van der Waals surface area contributed by atoms with Crippen LogP contribution >= 0.6 is 0 Å². The summed E-state index contributed by atoms with van der Waals surface area (Å²) in [7, 11) is 3.21. The van der Waals surface area contributed by atoms with Gasteiger partial charge in [-0.05, 0) is 24.5 Å². The molecule has 0 aliphatic heterocycles. The van der Waals surface area contributed by atoms with Crippen molar-refractivity contribution in [3.05, 3.63) is 23.8 Å². The van der Waals surface area contributed by atoms with Crippen LogP contribution < -0.4 is 9.47 Å². The Morgan fingerprint density at radius 2 is 1.88 bits per heavy atom. The highest BCUT2D eigenvalue weighted by Crippen LogP contribution is 2.32. The van der Waals surface area contributed by atoms with Crippen molar-refractivity contribution < 1.29 is 14.6 Å². The molecule has 1 atom stereocenters. The van der Waals surface area contributed by atoms with Gasteiger partial charge < -0.3 is 14.6 Å². The van der Waals surface area contributed by atoms with Crippen molar-refractivity contribution in [2.24, 2.45) is 5.92 Å². The predicted octanol–water partition coefficient (Wildman–Crippen LogP) is 2.78. The van der Waals surface area contributed by atoms with Gasteiger partial charge >= 0.3 is 0 Å². The molecule has 3 heteroatoms. The van der Waals surface area contributed by atoms with E-state index < -0.39 is 6.10 Å². The molecule has 1 rings (SSSR count). The van der Waals surface area contributed by atoms with Crippen LogP contribution in [0, 0.1) is 5.92 Å². The summed E-state index contributed by atoms with van der Waals surface area (Å²) >= 11 is 0. The van der Waals surface area contributed by atoms with E-state index >= 15 is 0 Å². The number of benzene rings is 1. The largest absolute Gasteiger partial charge is 0.497 e. The fourth-order valence-corrected chi connectivity index (χ4v) is 1.67. The molecule has 0 aliphatic rings. The lowest BCUT2D eigenvalue weighted by Crippen LogP contribution is -2.04. The third kappa shape index (κ3) is 3.14. The average molecular weight is 224 g/mol. The van der Waals surface area contributed by atoms with E-state index in [-0.39, 0.29) is 0 Å². The summed E-state index contributed by atoms with van der Waals surface area (Å²) in [4.78, 5) is 0. The zero-order chi connectivity index (χ0) is 12.1. The van der Waals surface area contributed by atoms with Crippen LogP contribution in [-0.4, -0.2) is 19.3 Å². The molecule has 0 saturated heterocycles. The van der Waals surface area contributed by atoms with E-state index in [0.717, 1.165) is 17.7 Å². The summed E-state index contributed by atoms with van der Waals surface area (Å²) in [5, 5.41) is 10.0. The highest BCUT2D eigenvalue weighted by molar-refractivity contribution is 5.41. The molecule has 1 aromatic rings. The van der Waals surface area contributed by atoms with Crippen molar-refractivity contribution >= 4 is 0 Å². The monoisotopic (exact) mass is 224 g/mol. The van der Waals surface area contributed by atoms with Gasteiger partial charge in [-0.3, -0.25) is 0 Å². The van der Waals surface area contributed by atoms with Crippen molar-refractivity contribution in [2.75, 3.05) is 14.2 Å². The van der Waals surface area contributed by atoms with Gasteiger partial charge in [0.15, 0.2) is 0 Å². The molecule has 0 bridgehead atoms. The van der Waals surface area contributed by atoms with Crippen LogP contribution in [0.5, 0.6) is 11.5 Å². The quantitative estimate of drug-likeness (QED) is 0.835. The Kier molecular flexibility index (Phi) is 4.62. The maximum Gasteiger partial charge on any atom is 0.128 e. The zero-order valence-electron chi connectivity index (χ0n) is 10.4.